The Kier molecular flexibility index (Phi) is 5.37. The largest absolute Gasteiger partial charge is 0.394 e. The molecule has 4 nitrogen and oxygen atoms in total. The first-order chi connectivity index (χ1) is 10.0. The summed E-state index contributed by atoms with van der Waals surface area (Å²) in [4.78, 5) is 12.5. The van der Waals surface area contributed by atoms with Crippen LogP contribution in [0.4, 0.5) is 0 Å². The number of amides is 1. The van der Waals surface area contributed by atoms with E-state index in [9.17, 15) is 9.90 Å². The number of rotatable bonds is 5. The molecule has 2 rings (SSSR count). The van der Waals surface area contributed by atoms with E-state index in [1.165, 1.54) is 0 Å². The van der Waals surface area contributed by atoms with Crippen molar-refractivity contribution >= 4 is 5.91 Å². The Hall–Kier alpha value is -1.39. The summed E-state index contributed by atoms with van der Waals surface area (Å²) in [6, 6.07) is 9.50. The van der Waals surface area contributed by atoms with Crippen molar-refractivity contribution < 1.29 is 9.90 Å². The second-order valence-electron chi connectivity index (χ2n) is 6.56. The van der Waals surface area contributed by atoms with Gasteiger partial charge in [-0.05, 0) is 36.8 Å². The van der Waals surface area contributed by atoms with Gasteiger partial charge < -0.3 is 15.7 Å². The van der Waals surface area contributed by atoms with E-state index in [1.54, 1.807) is 0 Å². The lowest BCUT2D eigenvalue weighted by molar-refractivity contribution is -0.127. The lowest BCUT2D eigenvalue weighted by atomic mass is 9.77. The fourth-order valence-corrected chi connectivity index (χ4v) is 3.00. The molecule has 1 heterocycles. The minimum Gasteiger partial charge on any atom is -0.394 e. The normalized spacial score (nSPS) is 22.5. The van der Waals surface area contributed by atoms with E-state index in [2.05, 4.69) is 24.5 Å². The SMILES string of the molecule is CC1(C)CCCNC1C(=O)N[C@@H](CO)Cc1ccccc1. The molecule has 1 aliphatic heterocycles. The molecule has 1 saturated heterocycles. The average Bonchev–Trinajstić information content (AvgIpc) is 2.47. The summed E-state index contributed by atoms with van der Waals surface area (Å²) < 4.78 is 0. The second-order valence-corrected chi connectivity index (χ2v) is 6.56. The van der Waals surface area contributed by atoms with Crippen LogP contribution in [0.5, 0.6) is 0 Å². The predicted molar refractivity (Wildman–Crippen MR) is 84.0 cm³/mol. The van der Waals surface area contributed by atoms with Crippen LogP contribution in [-0.4, -0.2) is 36.2 Å². The Balaban J connectivity index is 1.96. The summed E-state index contributed by atoms with van der Waals surface area (Å²) >= 11 is 0. The number of piperidine rings is 1. The molecule has 1 unspecified atom stereocenters. The molecule has 1 amide bonds. The lowest BCUT2D eigenvalue weighted by Crippen LogP contribution is -2.57. The third-order valence-corrected chi connectivity index (χ3v) is 4.28. The Morgan fingerprint density at radius 2 is 2.14 bits per heavy atom. The molecular formula is C17H26N2O2. The number of carbonyl (C=O) groups excluding carboxylic acids is 1. The molecule has 21 heavy (non-hydrogen) atoms. The Bertz CT molecular complexity index is 459. The quantitative estimate of drug-likeness (QED) is 0.770. The molecular weight excluding hydrogens is 264 g/mol. The fraction of sp³-hybridized carbons (Fsp3) is 0.588. The fourth-order valence-electron chi connectivity index (χ4n) is 3.00. The van der Waals surface area contributed by atoms with Crippen molar-refractivity contribution in [1.82, 2.24) is 10.6 Å². The van der Waals surface area contributed by atoms with Crippen LogP contribution in [0.25, 0.3) is 0 Å². The third-order valence-electron chi connectivity index (χ3n) is 4.28. The van der Waals surface area contributed by atoms with Crippen LogP contribution in [0.3, 0.4) is 0 Å². The monoisotopic (exact) mass is 290 g/mol. The topological polar surface area (TPSA) is 61.4 Å². The summed E-state index contributed by atoms with van der Waals surface area (Å²) in [5, 5.41) is 15.8. The van der Waals surface area contributed by atoms with Gasteiger partial charge in [0.15, 0.2) is 0 Å². The third kappa shape index (κ3) is 4.29. The van der Waals surface area contributed by atoms with E-state index in [4.69, 9.17) is 0 Å². The summed E-state index contributed by atoms with van der Waals surface area (Å²) in [6.45, 7) is 5.07. The molecule has 0 spiro atoms. The molecule has 1 aromatic carbocycles. The van der Waals surface area contributed by atoms with Crippen molar-refractivity contribution in [3.05, 3.63) is 35.9 Å². The Morgan fingerprint density at radius 3 is 2.76 bits per heavy atom. The van der Waals surface area contributed by atoms with Gasteiger partial charge in [0.1, 0.15) is 0 Å². The van der Waals surface area contributed by atoms with E-state index in [1.807, 2.05) is 30.3 Å². The predicted octanol–water partition coefficient (Wildman–Crippen LogP) is 1.48. The zero-order valence-corrected chi connectivity index (χ0v) is 12.9. The zero-order chi connectivity index (χ0) is 15.3. The van der Waals surface area contributed by atoms with Crippen molar-refractivity contribution in [3.63, 3.8) is 0 Å². The Morgan fingerprint density at radius 1 is 1.43 bits per heavy atom. The van der Waals surface area contributed by atoms with Crippen molar-refractivity contribution in [2.75, 3.05) is 13.2 Å². The van der Waals surface area contributed by atoms with Gasteiger partial charge in [-0.1, -0.05) is 44.2 Å². The van der Waals surface area contributed by atoms with Crippen LogP contribution in [0, 0.1) is 5.41 Å². The van der Waals surface area contributed by atoms with Gasteiger partial charge in [0.25, 0.3) is 0 Å². The first kappa shape index (κ1) is 16.0. The first-order valence-corrected chi connectivity index (χ1v) is 7.71. The molecule has 0 aliphatic carbocycles. The molecule has 4 heteroatoms. The maximum absolute atomic E-state index is 12.5. The van der Waals surface area contributed by atoms with E-state index >= 15 is 0 Å². The van der Waals surface area contributed by atoms with Crippen LogP contribution in [0.1, 0.15) is 32.3 Å². The van der Waals surface area contributed by atoms with Gasteiger partial charge in [-0.3, -0.25) is 4.79 Å². The number of aliphatic hydroxyl groups excluding tert-OH is 1. The standard InChI is InChI=1S/C17H26N2O2/c1-17(2)9-6-10-18-15(17)16(21)19-14(12-20)11-13-7-4-3-5-8-13/h3-5,7-8,14-15,18,20H,6,9-12H2,1-2H3,(H,19,21)/t14-,15?/m1/s1. The summed E-state index contributed by atoms with van der Waals surface area (Å²) in [7, 11) is 0. The summed E-state index contributed by atoms with van der Waals surface area (Å²) in [5.41, 5.74) is 1.07. The highest BCUT2D eigenvalue weighted by Gasteiger charge is 2.37. The van der Waals surface area contributed by atoms with Crippen molar-refractivity contribution in [3.8, 4) is 0 Å². The van der Waals surface area contributed by atoms with Gasteiger partial charge >= 0.3 is 0 Å². The zero-order valence-electron chi connectivity index (χ0n) is 12.9. The molecule has 0 bridgehead atoms. The van der Waals surface area contributed by atoms with Gasteiger partial charge in [0.2, 0.25) is 5.91 Å². The van der Waals surface area contributed by atoms with Crippen molar-refractivity contribution in [1.29, 1.82) is 0 Å². The molecule has 1 aromatic rings. The lowest BCUT2D eigenvalue weighted by Gasteiger charge is -2.38. The molecule has 0 aromatic heterocycles. The van der Waals surface area contributed by atoms with Crippen molar-refractivity contribution in [2.45, 2.75) is 45.2 Å². The number of hydrogen-bond donors (Lipinski definition) is 3. The number of carbonyl (C=O) groups is 1. The van der Waals surface area contributed by atoms with E-state index in [-0.39, 0.29) is 30.0 Å². The number of aliphatic hydroxyl groups is 1. The highest BCUT2D eigenvalue weighted by Crippen LogP contribution is 2.30. The number of benzene rings is 1. The van der Waals surface area contributed by atoms with Crippen LogP contribution >= 0.6 is 0 Å². The van der Waals surface area contributed by atoms with Gasteiger partial charge in [-0.2, -0.15) is 0 Å². The van der Waals surface area contributed by atoms with Crippen LogP contribution < -0.4 is 10.6 Å². The van der Waals surface area contributed by atoms with Gasteiger partial charge in [0.05, 0.1) is 18.7 Å². The highest BCUT2D eigenvalue weighted by molar-refractivity contribution is 5.83. The average molecular weight is 290 g/mol. The highest BCUT2D eigenvalue weighted by atomic mass is 16.3. The Labute approximate surface area is 126 Å². The summed E-state index contributed by atoms with van der Waals surface area (Å²) in [6.07, 6.45) is 2.79. The minimum atomic E-state index is -0.237. The molecule has 2 atom stereocenters. The molecule has 0 saturated carbocycles. The number of nitrogens with one attached hydrogen (secondary N) is 2. The minimum absolute atomic E-state index is 0.00492. The summed E-state index contributed by atoms with van der Waals surface area (Å²) in [5.74, 6) is -0.00492. The van der Waals surface area contributed by atoms with Gasteiger partial charge in [0, 0.05) is 0 Å². The molecule has 3 N–H and O–H groups in total. The maximum Gasteiger partial charge on any atom is 0.237 e. The van der Waals surface area contributed by atoms with Crippen LogP contribution in [-0.2, 0) is 11.2 Å². The van der Waals surface area contributed by atoms with E-state index < -0.39 is 0 Å². The van der Waals surface area contributed by atoms with Crippen molar-refractivity contribution in [2.24, 2.45) is 5.41 Å². The maximum atomic E-state index is 12.5. The molecule has 116 valence electrons. The molecule has 1 fully saturated rings. The smallest absolute Gasteiger partial charge is 0.237 e. The first-order valence-electron chi connectivity index (χ1n) is 7.71. The second kappa shape index (κ2) is 7.05. The van der Waals surface area contributed by atoms with Gasteiger partial charge in [-0.15, -0.1) is 0 Å². The van der Waals surface area contributed by atoms with Gasteiger partial charge in [-0.25, -0.2) is 0 Å². The van der Waals surface area contributed by atoms with Crippen LogP contribution in [0.15, 0.2) is 30.3 Å². The van der Waals surface area contributed by atoms with Crippen LogP contribution in [0.2, 0.25) is 0 Å². The molecule has 0 radical (unpaired) electrons. The van der Waals surface area contributed by atoms with E-state index in [0.717, 1.165) is 24.9 Å². The van der Waals surface area contributed by atoms with E-state index in [0.29, 0.717) is 6.42 Å². The molecule has 1 aliphatic rings. The number of hydrogen-bond acceptors (Lipinski definition) is 3.